The van der Waals surface area contributed by atoms with Crippen molar-refractivity contribution in [2.45, 2.75) is 52.1 Å². The fourth-order valence-corrected chi connectivity index (χ4v) is 3.32. The minimum Gasteiger partial charge on any atom is -0.340 e. The molecule has 0 aliphatic carbocycles. The third-order valence-corrected chi connectivity index (χ3v) is 4.80. The van der Waals surface area contributed by atoms with Gasteiger partial charge < -0.3 is 10.2 Å². The number of rotatable bonds is 5. The maximum Gasteiger partial charge on any atom is 0.248 e. The Labute approximate surface area is 129 Å². The highest BCUT2D eigenvalue weighted by Gasteiger charge is 2.47. The summed E-state index contributed by atoms with van der Waals surface area (Å²) in [5.74, 6) is 0.0524. The molecule has 2 atom stereocenters. The Bertz CT molecular complexity index is 515. The lowest BCUT2D eigenvalue weighted by Gasteiger charge is -2.45. The number of amides is 2. The van der Waals surface area contributed by atoms with E-state index in [1.165, 1.54) is 0 Å². The van der Waals surface area contributed by atoms with Crippen molar-refractivity contribution in [3.8, 4) is 0 Å². The second-order valence-electron chi connectivity index (χ2n) is 6.09. The van der Waals surface area contributed by atoms with Crippen molar-refractivity contribution in [1.82, 2.24) is 15.2 Å². The summed E-state index contributed by atoms with van der Waals surface area (Å²) in [5.41, 5.74) is 1.97. The molecule has 1 aliphatic heterocycles. The fourth-order valence-electron chi connectivity index (χ4n) is 2.72. The molecule has 21 heavy (non-hydrogen) atoms. The second-order valence-corrected chi connectivity index (χ2v) is 6.81. The van der Waals surface area contributed by atoms with E-state index in [1.54, 1.807) is 28.7 Å². The average molecular weight is 309 g/mol. The zero-order valence-electron chi connectivity index (χ0n) is 13.0. The van der Waals surface area contributed by atoms with Gasteiger partial charge >= 0.3 is 0 Å². The van der Waals surface area contributed by atoms with Gasteiger partial charge in [-0.3, -0.25) is 9.59 Å². The molecule has 0 radical (unpaired) electrons. The lowest BCUT2D eigenvalue weighted by molar-refractivity contribution is -0.156. The lowest BCUT2D eigenvalue weighted by atomic mass is 9.88. The summed E-state index contributed by atoms with van der Waals surface area (Å²) in [5, 5.41) is 4.89. The van der Waals surface area contributed by atoms with E-state index in [0.717, 1.165) is 5.69 Å². The number of carbonyl (C=O) groups excluding carboxylic acids is 2. The SMILES string of the molecule is CCC1(C)NC(=O)C(C(C)C)N(CCc2cscn2)C1=O. The minimum atomic E-state index is -0.787. The molecule has 0 aromatic carbocycles. The molecule has 0 saturated carbocycles. The predicted octanol–water partition coefficient (Wildman–Crippen LogP) is 1.84. The predicted molar refractivity (Wildman–Crippen MR) is 83.0 cm³/mol. The van der Waals surface area contributed by atoms with Gasteiger partial charge in [0.15, 0.2) is 0 Å². The molecule has 5 nitrogen and oxygen atoms in total. The Hall–Kier alpha value is -1.43. The number of hydrogen-bond donors (Lipinski definition) is 1. The quantitative estimate of drug-likeness (QED) is 0.902. The molecule has 2 amide bonds. The molecule has 2 rings (SSSR count). The van der Waals surface area contributed by atoms with Crippen molar-refractivity contribution in [2.75, 3.05) is 6.54 Å². The van der Waals surface area contributed by atoms with Crippen LogP contribution >= 0.6 is 11.3 Å². The first-order valence-corrected chi connectivity index (χ1v) is 8.33. The Morgan fingerprint density at radius 2 is 2.19 bits per heavy atom. The summed E-state index contributed by atoms with van der Waals surface area (Å²) in [4.78, 5) is 31.2. The number of thiazole rings is 1. The van der Waals surface area contributed by atoms with E-state index in [9.17, 15) is 9.59 Å². The van der Waals surface area contributed by atoms with Crippen LogP contribution in [0.1, 0.15) is 39.8 Å². The number of aromatic nitrogens is 1. The molecular formula is C15H23N3O2S. The first-order valence-electron chi connectivity index (χ1n) is 7.39. The summed E-state index contributed by atoms with van der Waals surface area (Å²) < 4.78 is 0. The zero-order chi connectivity index (χ0) is 15.6. The van der Waals surface area contributed by atoms with Gasteiger partial charge in [-0.2, -0.15) is 0 Å². The Kier molecular flexibility index (Phi) is 4.66. The Balaban J connectivity index is 2.21. The first kappa shape index (κ1) is 15.9. The number of carbonyl (C=O) groups is 2. The molecule has 116 valence electrons. The van der Waals surface area contributed by atoms with Crippen molar-refractivity contribution in [3.63, 3.8) is 0 Å². The molecule has 1 N–H and O–H groups in total. The van der Waals surface area contributed by atoms with Crippen molar-refractivity contribution in [1.29, 1.82) is 0 Å². The molecule has 0 spiro atoms. The van der Waals surface area contributed by atoms with Crippen LogP contribution < -0.4 is 5.32 Å². The third-order valence-electron chi connectivity index (χ3n) is 4.17. The molecule has 6 heteroatoms. The van der Waals surface area contributed by atoms with Crippen LogP contribution in [0.4, 0.5) is 0 Å². The number of nitrogens with zero attached hydrogens (tertiary/aromatic N) is 2. The molecule has 1 fully saturated rings. The van der Waals surface area contributed by atoms with Crippen LogP contribution in [-0.4, -0.2) is 39.8 Å². The largest absolute Gasteiger partial charge is 0.340 e. The standard InChI is InChI=1S/C15H23N3O2S/c1-5-15(4)14(20)18(7-6-11-8-21-9-16-11)12(10(2)3)13(19)17-15/h8-10,12H,5-7H2,1-4H3,(H,17,19). The molecule has 0 bridgehead atoms. The summed E-state index contributed by atoms with van der Waals surface area (Å²) >= 11 is 1.55. The summed E-state index contributed by atoms with van der Waals surface area (Å²) in [6, 6.07) is -0.393. The fraction of sp³-hybridized carbons (Fsp3) is 0.667. The topological polar surface area (TPSA) is 62.3 Å². The molecule has 2 heterocycles. The average Bonchev–Trinajstić information content (AvgIpc) is 2.93. The molecule has 1 aliphatic rings. The van der Waals surface area contributed by atoms with Crippen LogP contribution in [0.25, 0.3) is 0 Å². The van der Waals surface area contributed by atoms with Crippen molar-refractivity contribution in [2.24, 2.45) is 5.92 Å². The van der Waals surface area contributed by atoms with E-state index in [1.807, 2.05) is 26.2 Å². The highest BCUT2D eigenvalue weighted by molar-refractivity contribution is 7.07. The van der Waals surface area contributed by atoms with Crippen molar-refractivity contribution >= 4 is 23.2 Å². The van der Waals surface area contributed by atoms with Gasteiger partial charge in [0.2, 0.25) is 11.8 Å². The van der Waals surface area contributed by atoms with E-state index in [0.29, 0.717) is 19.4 Å². The van der Waals surface area contributed by atoms with E-state index in [4.69, 9.17) is 0 Å². The molecule has 1 aromatic heterocycles. The van der Waals surface area contributed by atoms with E-state index >= 15 is 0 Å². The second kappa shape index (κ2) is 6.13. The number of hydrogen-bond acceptors (Lipinski definition) is 4. The van der Waals surface area contributed by atoms with Gasteiger partial charge in [-0.15, -0.1) is 11.3 Å². The lowest BCUT2D eigenvalue weighted by Crippen LogP contribution is -2.70. The summed E-state index contributed by atoms with van der Waals surface area (Å²) in [7, 11) is 0. The van der Waals surface area contributed by atoms with Gasteiger partial charge in [-0.25, -0.2) is 4.98 Å². The first-order chi connectivity index (χ1) is 9.89. The molecule has 1 saturated heterocycles. The minimum absolute atomic E-state index is 0.0125. The van der Waals surface area contributed by atoms with E-state index in [-0.39, 0.29) is 17.7 Å². The Morgan fingerprint density at radius 3 is 2.71 bits per heavy atom. The summed E-state index contributed by atoms with van der Waals surface area (Å²) in [6.07, 6.45) is 1.28. The monoisotopic (exact) mass is 309 g/mol. The highest BCUT2D eigenvalue weighted by Crippen LogP contribution is 2.25. The van der Waals surface area contributed by atoms with Crippen molar-refractivity contribution < 1.29 is 9.59 Å². The van der Waals surface area contributed by atoms with Gasteiger partial charge in [0, 0.05) is 18.3 Å². The van der Waals surface area contributed by atoms with E-state index < -0.39 is 11.6 Å². The van der Waals surface area contributed by atoms with E-state index in [2.05, 4.69) is 10.3 Å². The molecular weight excluding hydrogens is 286 g/mol. The maximum atomic E-state index is 12.8. The van der Waals surface area contributed by atoms with Gasteiger partial charge in [0.1, 0.15) is 11.6 Å². The molecule has 1 aromatic rings. The van der Waals surface area contributed by atoms with Crippen LogP contribution in [0.5, 0.6) is 0 Å². The molecule has 2 unspecified atom stereocenters. The summed E-state index contributed by atoms with van der Waals surface area (Å²) in [6.45, 7) is 8.21. The van der Waals surface area contributed by atoms with Gasteiger partial charge in [-0.1, -0.05) is 20.8 Å². The highest BCUT2D eigenvalue weighted by atomic mass is 32.1. The van der Waals surface area contributed by atoms with Crippen LogP contribution in [0, 0.1) is 5.92 Å². The normalized spacial score (nSPS) is 26.3. The Morgan fingerprint density at radius 1 is 1.48 bits per heavy atom. The zero-order valence-corrected chi connectivity index (χ0v) is 13.9. The van der Waals surface area contributed by atoms with Crippen LogP contribution in [0.2, 0.25) is 0 Å². The van der Waals surface area contributed by atoms with Gasteiger partial charge in [-0.05, 0) is 19.3 Å². The number of piperazine rings is 1. The van der Waals surface area contributed by atoms with Crippen LogP contribution in [0.3, 0.4) is 0 Å². The smallest absolute Gasteiger partial charge is 0.248 e. The van der Waals surface area contributed by atoms with Crippen molar-refractivity contribution in [3.05, 3.63) is 16.6 Å². The third kappa shape index (κ3) is 3.10. The maximum absolute atomic E-state index is 12.8. The van der Waals surface area contributed by atoms with Crippen LogP contribution in [-0.2, 0) is 16.0 Å². The van der Waals surface area contributed by atoms with Gasteiger partial charge in [0.25, 0.3) is 0 Å². The van der Waals surface area contributed by atoms with Gasteiger partial charge in [0.05, 0.1) is 11.2 Å². The van der Waals surface area contributed by atoms with Crippen LogP contribution in [0.15, 0.2) is 10.9 Å². The number of nitrogens with one attached hydrogen (secondary N) is 1.